The van der Waals surface area contributed by atoms with E-state index in [1.54, 1.807) is 35.7 Å². The topological polar surface area (TPSA) is 64.7 Å². The molecule has 0 spiro atoms. The Kier molecular flexibility index (Phi) is 5.57. The van der Waals surface area contributed by atoms with Gasteiger partial charge in [0, 0.05) is 12.3 Å². The lowest BCUT2D eigenvalue weighted by Crippen LogP contribution is -2.15. The third-order valence-corrected chi connectivity index (χ3v) is 5.01. The van der Waals surface area contributed by atoms with Gasteiger partial charge in [-0.15, -0.1) is 11.3 Å². The fourth-order valence-corrected chi connectivity index (χ4v) is 3.28. The van der Waals surface area contributed by atoms with Gasteiger partial charge in [0.15, 0.2) is 5.78 Å². The molecule has 1 unspecified atom stereocenters. The van der Waals surface area contributed by atoms with Gasteiger partial charge in [-0.1, -0.05) is 41.4 Å². The first kappa shape index (κ1) is 16.5. The van der Waals surface area contributed by atoms with Gasteiger partial charge >= 0.3 is 0 Å². The van der Waals surface area contributed by atoms with E-state index < -0.39 is 11.8 Å². The summed E-state index contributed by atoms with van der Waals surface area (Å²) in [6.07, 6.45) is 0.0341. The smallest absolute Gasteiger partial charge is 0.173 e. The molecule has 0 radical (unpaired) electrons. The number of halogens is 2. The number of thiophene rings is 1. The number of rotatable bonds is 5. The largest absolute Gasteiger partial charge is 0.293 e. The fraction of sp³-hybridized carbons (Fsp3) is 0.188. The van der Waals surface area contributed by atoms with Gasteiger partial charge in [-0.2, -0.15) is 10.5 Å². The molecular formula is C16H10Cl2N2OS. The molecule has 1 heterocycles. The van der Waals surface area contributed by atoms with Crippen molar-refractivity contribution in [2.45, 2.75) is 12.3 Å². The van der Waals surface area contributed by atoms with Gasteiger partial charge in [-0.3, -0.25) is 4.79 Å². The highest BCUT2D eigenvalue weighted by Crippen LogP contribution is 2.37. The number of nitriles is 2. The van der Waals surface area contributed by atoms with Crippen molar-refractivity contribution in [1.82, 2.24) is 0 Å². The van der Waals surface area contributed by atoms with Crippen LogP contribution < -0.4 is 0 Å². The molecule has 1 atom stereocenters. The summed E-state index contributed by atoms with van der Waals surface area (Å²) in [5, 5.41) is 20.8. The number of nitrogens with zero attached hydrogens (tertiary/aromatic N) is 2. The quantitative estimate of drug-likeness (QED) is 0.708. The molecule has 110 valence electrons. The van der Waals surface area contributed by atoms with E-state index in [2.05, 4.69) is 0 Å². The van der Waals surface area contributed by atoms with Crippen molar-refractivity contribution in [3.8, 4) is 12.1 Å². The van der Waals surface area contributed by atoms with E-state index in [4.69, 9.17) is 23.2 Å². The summed E-state index contributed by atoms with van der Waals surface area (Å²) in [6.45, 7) is 0. The summed E-state index contributed by atoms with van der Waals surface area (Å²) in [5.41, 5.74) is 0.548. The highest BCUT2D eigenvalue weighted by atomic mass is 35.5. The van der Waals surface area contributed by atoms with Gasteiger partial charge in [-0.05, 0) is 23.1 Å². The average molecular weight is 349 g/mol. The Balaban J connectivity index is 2.40. The molecule has 1 aromatic heterocycles. The molecule has 0 saturated heterocycles. The van der Waals surface area contributed by atoms with Crippen LogP contribution in [0.15, 0.2) is 35.7 Å². The Morgan fingerprint density at radius 3 is 2.50 bits per heavy atom. The van der Waals surface area contributed by atoms with Crippen LogP contribution in [0.2, 0.25) is 10.0 Å². The van der Waals surface area contributed by atoms with E-state index in [1.807, 2.05) is 12.1 Å². The Hall–Kier alpha value is -1.85. The molecule has 0 aliphatic heterocycles. The fourth-order valence-electron chi connectivity index (χ4n) is 2.16. The van der Waals surface area contributed by atoms with Crippen LogP contribution in [0, 0.1) is 28.6 Å². The van der Waals surface area contributed by atoms with Gasteiger partial charge in [0.2, 0.25) is 0 Å². The number of Topliss-reactive ketones (excluding diaryl/α,β-unsaturated/α-hetero) is 1. The van der Waals surface area contributed by atoms with Crippen molar-refractivity contribution in [1.29, 1.82) is 10.5 Å². The van der Waals surface area contributed by atoms with E-state index in [9.17, 15) is 15.3 Å². The summed E-state index contributed by atoms with van der Waals surface area (Å²) in [5.74, 6) is -1.71. The molecule has 0 fully saturated rings. The van der Waals surface area contributed by atoms with E-state index >= 15 is 0 Å². The maximum atomic E-state index is 12.3. The number of hydrogen-bond acceptors (Lipinski definition) is 4. The Morgan fingerprint density at radius 1 is 1.18 bits per heavy atom. The molecule has 6 heteroatoms. The summed E-state index contributed by atoms with van der Waals surface area (Å²) >= 11 is 13.5. The van der Waals surface area contributed by atoms with Crippen LogP contribution in [0.4, 0.5) is 0 Å². The van der Waals surface area contributed by atoms with Crippen LogP contribution in [-0.2, 0) is 0 Å². The molecule has 2 aromatic rings. The molecule has 0 aliphatic rings. The van der Waals surface area contributed by atoms with E-state index in [1.165, 1.54) is 11.3 Å². The Bertz CT molecular complexity index is 745. The molecule has 0 amide bonds. The molecule has 1 aromatic carbocycles. The minimum atomic E-state index is -0.972. The van der Waals surface area contributed by atoms with Crippen LogP contribution in [0.3, 0.4) is 0 Å². The van der Waals surface area contributed by atoms with Gasteiger partial charge < -0.3 is 0 Å². The van der Waals surface area contributed by atoms with Crippen LogP contribution in [-0.4, -0.2) is 5.78 Å². The van der Waals surface area contributed by atoms with Crippen LogP contribution in [0.5, 0.6) is 0 Å². The van der Waals surface area contributed by atoms with Crippen molar-refractivity contribution < 1.29 is 4.79 Å². The van der Waals surface area contributed by atoms with E-state index in [0.717, 1.165) is 0 Å². The summed E-state index contributed by atoms with van der Waals surface area (Å²) in [4.78, 5) is 12.9. The lowest BCUT2D eigenvalue weighted by Gasteiger charge is -2.18. The SMILES string of the molecule is N#CC(C#N)C(CC(=O)c1cccs1)c1cccc(Cl)c1Cl. The first-order chi connectivity index (χ1) is 10.6. The predicted octanol–water partition coefficient (Wildman–Crippen LogP) is 5.07. The molecule has 0 aliphatic carbocycles. The molecule has 2 rings (SSSR count). The summed E-state index contributed by atoms with van der Waals surface area (Å²) in [7, 11) is 0. The second-order valence-corrected chi connectivity index (χ2v) is 6.32. The highest BCUT2D eigenvalue weighted by molar-refractivity contribution is 7.12. The first-order valence-electron chi connectivity index (χ1n) is 6.38. The summed E-state index contributed by atoms with van der Waals surface area (Å²) < 4.78 is 0. The first-order valence-corrected chi connectivity index (χ1v) is 8.02. The normalized spacial score (nSPS) is 11.7. The number of hydrogen-bond donors (Lipinski definition) is 0. The number of carbonyl (C=O) groups is 1. The third kappa shape index (κ3) is 3.48. The molecule has 3 nitrogen and oxygen atoms in total. The van der Waals surface area contributed by atoms with Crippen LogP contribution >= 0.6 is 34.5 Å². The zero-order valence-corrected chi connectivity index (χ0v) is 13.6. The number of carbonyl (C=O) groups excluding carboxylic acids is 1. The third-order valence-electron chi connectivity index (χ3n) is 3.26. The maximum absolute atomic E-state index is 12.3. The van der Waals surface area contributed by atoms with E-state index in [-0.39, 0.29) is 17.2 Å². The lowest BCUT2D eigenvalue weighted by atomic mass is 9.83. The van der Waals surface area contributed by atoms with Crippen molar-refractivity contribution in [3.63, 3.8) is 0 Å². The Morgan fingerprint density at radius 2 is 1.91 bits per heavy atom. The predicted molar refractivity (Wildman–Crippen MR) is 87.2 cm³/mol. The average Bonchev–Trinajstić information content (AvgIpc) is 3.04. The van der Waals surface area contributed by atoms with Crippen molar-refractivity contribution >= 4 is 40.3 Å². The van der Waals surface area contributed by atoms with Gasteiger partial charge in [0.05, 0.1) is 27.1 Å². The minimum absolute atomic E-state index is 0.0341. The molecule has 0 bridgehead atoms. The zero-order chi connectivity index (χ0) is 16.1. The van der Waals surface area contributed by atoms with Gasteiger partial charge in [-0.25, -0.2) is 0 Å². The summed E-state index contributed by atoms with van der Waals surface area (Å²) in [6, 6.07) is 12.4. The molecule has 0 N–H and O–H groups in total. The van der Waals surface area contributed by atoms with Crippen molar-refractivity contribution in [3.05, 3.63) is 56.2 Å². The highest BCUT2D eigenvalue weighted by Gasteiger charge is 2.28. The van der Waals surface area contributed by atoms with Crippen LogP contribution in [0.25, 0.3) is 0 Å². The van der Waals surface area contributed by atoms with Crippen molar-refractivity contribution in [2.24, 2.45) is 5.92 Å². The standard InChI is InChI=1S/C16H10Cl2N2OS/c17-13-4-1-3-11(16(13)18)12(10(8-19)9-20)7-14(21)15-5-2-6-22-15/h1-6,10,12H,7H2. The lowest BCUT2D eigenvalue weighted by molar-refractivity contribution is 0.0975. The minimum Gasteiger partial charge on any atom is -0.293 e. The number of ketones is 1. The Labute approximate surface area is 142 Å². The van der Waals surface area contributed by atoms with Crippen LogP contribution in [0.1, 0.15) is 27.6 Å². The second-order valence-electron chi connectivity index (χ2n) is 4.59. The second kappa shape index (κ2) is 7.42. The molecule has 0 saturated carbocycles. The van der Waals surface area contributed by atoms with Gasteiger partial charge in [0.25, 0.3) is 0 Å². The van der Waals surface area contributed by atoms with Crippen molar-refractivity contribution in [2.75, 3.05) is 0 Å². The monoisotopic (exact) mass is 348 g/mol. The maximum Gasteiger partial charge on any atom is 0.173 e. The number of benzene rings is 1. The zero-order valence-electron chi connectivity index (χ0n) is 11.3. The van der Waals surface area contributed by atoms with E-state index in [0.29, 0.717) is 15.5 Å². The molecular weight excluding hydrogens is 339 g/mol. The van der Waals surface area contributed by atoms with Gasteiger partial charge in [0.1, 0.15) is 5.92 Å². The molecule has 22 heavy (non-hydrogen) atoms.